The molecule has 1 N–H and O–H groups in total. The van der Waals surface area contributed by atoms with E-state index < -0.39 is 0 Å². The van der Waals surface area contributed by atoms with E-state index in [1.54, 1.807) is 0 Å². The first-order valence-electron chi connectivity index (χ1n) is 5.53. The maximum absolute atomic E-state index is 9.39. The minimum atomic E-state index is 0.110. The van der Waals surface area contributed by atoms with E-state index in [9.17, 15) is 5.11 Å². The molecule has 2 nitrogen and oxygen atoms in total. The van der Waals surface area contributed by atoms with Crippen molar-refractivity contribution < 1.29 is 5.11 Å². The van der Waals surface area contributed by atoms with Gasteiger partial charge in [0, 0.05) is 34.6 Å². The summed E-state index contributed by atoms with van der Waals surface area (Å²) in [5, 5.41) is 9.39. The van der Waals surface area contributed by atoms with Gasteiger partial charge in [0.2, 0.25) is 0 Å². The van der Waals surface area contributed by atoms with Crippen LogP contribution in [0.3, 0.4) is 0 Å². The van der Waals surface area contributed by atoms with Crippen LogP contribution in [-0.2, 0) is 6.61 Å². The smallest absolute Gasteiger partial charge is 0.0702 e. The molecule has 1 heterocycles. The second kappa shape index (κ2) is 5.94. The van der Waals surface area contributed by atoms with E-state index >= 15 is 0 Å². The monoisotopic (exact) mass is 301 g/mol. The Kier molecular flexibility index (Phi) is 4.55. The maximum atomic E-state index is 9.39. The minimum Gasteiger partial charge on any atom is -0.392 e. The lowest BCUT2D eigenvalue weighted by atomic mass is 10.1. The van der Waals surface area contributed by atoms with Crippen molar-refractivity contribution in [2.45, 2.75) is 13.0 Å². The van der Waals surface area contributed by atoms with Crippen LogP contribution in [0.15, 0.2) is 22.7 Å². The lowest BCUT2D eigenvalue weighted by molar-refractivity contribution is 0.282. The molecule has 1 fully saturated rings. The van der Waals surface area contributed by atoms with E-state index in [2.05, 4.69) is 26.9 Å². The highest BCUT2D eigenvalue weighted by atomic mass is 79.9. The minimum absolute atomic E-state index is 0.110. The van der Waals surface area contributed by atoms with E-state index in [0.29, 0.717) is 0 Å². The molecule has 88 valence electrons. The fraction of sp³-hybridized carbons (Fsp3) is 0.500. The lowest BCUT2D eigenvalue weighted by Crippen LogP contribution is -2.26. The van der Waals surface area contributed by atoms with Crippen molar-refractivity contribution in [1.29, 1.82) is 0 Å². The molecular formula is C12H16BrNOS. The predicted octanol–water partition coefficient (Wildman–Crippen LogP) is 2.88. The van der Waals surface area contributed by atoms with Crippen LogP contribution >= 0.6 is 27.7 Å². The normalized spacial score (nSPS) is 17.2. The highest BCUT2D eigenvalue weighted by molar-refractivity contribution is 9.10. The largest absolute Gasteiger partial charge is 0.392 e. The zero-order valence-electron chi connectivity index (χ0n) is 9.16. The van der Waals surface area contributed by atoms with Gasteiger partial charge in [0.05, 0.1) is 6.61 Å². The summed E-state index contributed by atoms with van der Waals surface area (Å²) in [6.07, 6.45) is 1.23. The number of hydrogen-bond acceptors (Lipinski definition) is 3. The summed E-state index contributed by atoms with van der Waals surface area (Å²) < 4.78 is 1.03. The van der Waals surface area contributed by atoms with Crippen molar-refractivity contribution in [3.05, 3.63) is 28.2 Å². The van der Waals surface area contributed by atoms with E-state index in [4.69, 9.17) is 0 Å². The highest BCUT2D eigenvalue weighted by Gasteiger charge is 2.13. The van der Waals surface area contributed by atoms with Crippen LogP contribution in [0.4, 0.5) is 5.69 Å². The molecule has 4 heteroatoms. The average Bonchev–Trinajstić information content (AvgIpc) is 2.57. The number of rotatable bonds is 2. The summed E-state index contributed by atoms with van der Waals surface area (Å²) >= 11 is 5.46. The molecular weight excluding hydrogens is 286 g/mol. The summed E-state index contributed by atoms with van der Waals surface area (Å²) in [6, 6.07) is 6.16. The van der Waals surface area contributed by atoms with Gasteiger partial charge >= 0.3 is 0 Å². The molecule has 1 aromatic rings. The number of aliphatic hydroxyl groups is 1. The van der Waals surface area contributed by atoms with Gasteiger partial charge in [0.15, 0.2) is 0 Å². The Morgan fingerprint density at radius 3 is 3.00 bits per heavy atom. The van der Waals surface area contributed by atoms with E-state index in [1.165, 1.54) is 23.6 Å². The van der Waals surface area contributed by atoms with E-state index in [0.717, 1.165) is 23.1 Å². The van der Waals surface area contributed by atoms with Crippen molar-refractivity contribution >= 4 is 33.4 Å². The molecule has 16 heavy (non-hydrogen) atoms. The third-order valence-electron chi connectivity index (χ3n) is 2.77. The molecule has 0 atom stereocenters. The van der Waals surface area contributed by atoms with Gasteiger partial charge in [-0.1, -0.05) is 15.9 Å². The summed E-state index contributed by atoms with van der Waals surface area (Å²) in [5.41, 5.74) is 2.20. The highest BCUT2D eigenvalue weighted by Crippen LogP contribution is 2.26. The summed E-state index contributed by atoms with van der Waals surface area (Å²) in [6.45, 7) is 2.29. The zero-order chi connectivity index (χ0) is 11.4. The number of benzene rings is 1. The van der Waals surface area contributed by atoms with Crippen molar-refractivity contribution in [3.63, 3.8) is 0 Å². The van der Waals surface area contributed by atoms with E-state index in [-0.39, 0.29) is 6.61 Å². The number of aliphatic hydroxyl groups excluding tert-OH is 1. The average molecular weight is 302 g/mol. The van der Waals surface area contributed by atoms with Gasteiger partial charge in [-0.3, -0.25) is 0 Å². The van der Waals surface area contributed by atoms with Gasteiger partial charge in [0.1, 0.15) is 0 Å². The van der Waals surface area contributed by atoms with Crippen LogP contribution < -0.4 is 4.90 Å². The molecule has 1 aliphatic heterocycles. The second-order valence-corrected chi connectivity index (χ2v) is 6.02. The van der Waals surface area contributed by atoms with Crippen LogP contribution in [-0.4, -0.2) is 29.7 Å². The quantitative estimate of drug-likeness (QED) is 0.909. The number of nitrogens with zero attached hydrogens (tertiary/aromatic N) is 1. The van der Waals surface area contributed by atoms with Gasteiger partial charge < -0.3 is 10.0 Å². The van der Waals surface area contributed by atoms with Crippen LogP contribution in [0.25, 0.3) is 0 Å². The molecule has 0 amide bonds. The molecule has 1 aromatic carbocycles. The van der Waals surface area contributed by atoms with Crippen LogP contribution in [0.1, 0.15) is 12.0 Å². The maximum Gasteiger partial charge on any atom is 0.0702 e. The molecule has 0 bridgehead atoms. The van der Waals surface area contributed by atoms with Crippen molar-refractivity contribution in [2.24, 2.45) is 0 Å². The number of halogens is 1. The van der Waals surface area contributed by atoms with Crippen molar-refractivity contribution in [2.75, 3.05) is 29.5 Å². The Morgan fingerprint density at radius 2 is 2.19 bits per heavy atom. The first kappa shape index (κ1) is 12.3. The number of hydrogen-bond donors (Lipinski definition) is 1. The van der Waals surface area contributed by atoms with Gasteiger partial charge in [-0.2, -0.15) is 11.8 Å². The Morgan fingerprint density at radius 1 is 1.31 bits per heavy atom. The Balaban J connectivity index is 2.23. The Labute approximate surface area is 109 Å². The molecule has 0 aliphatic carbocycles. The first-order chi connectivity index (χ1) is 7.81. The third kappa shape index (κ3) is 2.93. The molecule has 0 unspecified atom stereocenters. The Hall–Kier alpha value is -0.190. The fourth-order valence-corrected chi connectivity index (χ4v) is 3.27. The van der Waals surface area contributed by atoms with Crippen LogP contribution in [0.5, 0.6) is 0 Å². The molecule has 0 aromatic heterocycles. The molecule has 1 saturated heterocycles. The standard InChI is InChI=1S/C12H16BrNOS/c13-11-2-3-12(10(8-11)9-15)14-4-1-6-16-7-5-14/h2-3,8,15H,1,4-7,9H2. The fourth-order valence-electron chi connectivity index (χ4n) is 1.98. The number of thioether (sulfide) groups is 1. The molecule has 0 radical (unpaired) electrons. The Bertz CT molecular complexity index is 351. The van der Waals surface area contributed by atoms with Gasteiger partial charge in [-0.15, -0.1) is 0 Å². The molecule has 0 spiro atoms. The van der Waals surface area contributed by atoms with Crippen molar-refractivity contribution in [1.82, 2.24) is 0 Å². The SMILES string of the molecule is OCc1cc(Br)ccc1N1CCCSCC1. The number of anilines is 1. The van der Waals surface area contributed by atoms with Gasteiger partial charge in [-0.25, -0.2) is 0 Å². The summed E-state index contributed by atoms with van der Waals surface area (Å²) in [5.74, 6) is 2.43. The second-order valence-electron chi connectivity index (χ2n) is 3.88. The lowest BCUT2D eigenvalue weighted by Gasteiger charge is -2.24. The summed E-state index contributed by atoms with van der Waals surface area (Å²) in [7, 11) is 0. The zero-order valence-corrected chi connectivity index (χ0v) is 11.6. The van der Waals surface area contributed by atoms with Crippen LogP contribution in [0, 0.1) is 0 Å². The summed E-state index contributed by atoms with van der Waals surface area (Å²) in [4.78, 5) is 2.39. The van der Waals surface area contributed by atoms with Gasteiger partial charge in [-0.05, 0) is 30.4 Å². The predicted molar refractivity (Wildman–Crippen MR) is 74.2 cm³/mol. The van der Waals surface area contributed by atoms with Crippen molar-refractivity contribution in [3.8, 4) is 0 Å². The van der Waals surface area contributed by atoms with Crippen LogP contribution in [0.2, 0.25) is 0 Å². The first-order valence-corrected chi connectivity index (χ1v) is 7.48. The topological polar surface area (TPSA) is 23.5 Å². The van der Waals surface area contributed by atoms with Gasteiger partial charge in [0.25, 0.3) is 0 Å². The molecule has 0 saturated carbocycles. The molecule has 2 rings (SSSR count). The van der Waals surface area contributed by atoms with E-state index in [1.807, 2.05) is 23.9 Å². The third-order valence-corrected chi connectivity index (χ3v) is 4.32. The molecule has 1 aliphatic rings.